The summed E-state index contributed by atoms with van der Waals surface area (Å²) in [6.07, 6.45) is 9.43. The van der Waals surface area contributed by atoms with Gasteiger partial charge in [-0.2, -0.15) is 5.10 Å². The van der Waals surface area contributed by atoms with Crippen LogP contribution >= 0.6 is 0 Å². The molecule has 2 heterocycles. The van der Waals surface area contributed by atoms with Gasteiger partial charge in [0.05, 0.1) is 17.9 Å². The van der Waals surface area contributed by atoms with Gasteiger partial charge in [-0.3, -0.25) is 9.67 Å². The van der Waals surface area contributed by atoms with E-state index in [1.165, 1.54) is 29.7 Å². The number of hydrogen-bond donors (Lipinski definition) is 1. The normalized spacial score (nSPS) is 18.6. The van der Waals surface area contributed by atoms with Gasteiger partial charge in [0, 0.05) is 31.5 Å². The summed E-state index contributed by atoms with van der Waals surface area (Å²) in [5.41, 5.74) is 3.85. The highest BCUT2D eigenvalue weighted by Crippen LogP contribution is 2.27. The van der Waals surface area contributed by atoms with E-state index in [1.807, 2.05) is 30.2 Å². The second kappa shape index (κ2) is 4.90. The molecule has 4 nitrogen and oxygen atoms in total. The summed E-state index contributed by atoms with van der Waals surface area (Å²) in [6, 6.07) is 4.61. The lowest BCUT2D eigenvalue weighted by Gasteiger charge is -2.25. The van der Waals surface area contributed by atoms with E-state index in [-0.39, 0.29) is 0 Å². The van der Waals surface area contributed by atoms with Gasteiger partial charge < -0.3 is 5.32 Å². The molecule has 0 saturated carbocycles. The Hall–Kier alpha value is -1.68. The minimum Gasteiger partial charge on any atom is -0.304 e. The Kier molecular flexibility index (Phi) is 3.11. The van der Waals surface area contributed by atoms with Gasteiger partial charge in [0.25, 0.3) is 0 Å². The number of rotatable bonds is 3. The zero-order valence-electron chi connectivity index (χ0n) is 10.6. The number of fused-ring (bicyclic) bond motifs is 1. The van der Waals surface area contributed by atoms with Gasteiger partial charge in [0.2, 0.25) is 0 Å². The third kappa shape index (κ3) is 2.29. The molecule has 1 N–H and O–H groups in total. The number of aryl methyl sites for hydroxylation is 2. The molecule has 0 fully saturated rings. The average molecular weight is 242 g/mol. The van der Waals surface area contributed by atoms with Crippen LogP contribution in [0.4, 0.5) is 0 Å². The molecule has 1 unspecified atom stereocenters. The van der Waals surface area contributed by atoms with Crippen molar-refractivity contribution in [3.63, 3.8) is 0 Å². The van der Waals surface area contributed by atoms with Gasteiger partial charge in [0.1, 0.15) is 0 Å². The standard InChI is InChI=1S/C14H18N4/c1-18-10-11(9-17-18)8-16-13-6-2-4-12-5-3-7-15-14(12)13/h3,5,7,9-10,13,16H,2,4,6,8H2,1H3. The van der Waals surface area contributed by atoms with Crippen LogP contribution in [0.2, 0.25) is 0 Å². The number of pyridine rings is 1. The molecule has 3 rings (SSSR count). The molecule has 1 aliphatic carbocycles. The van der Waals surface area contributed by atoms with Gasteiger partial charge in [-0.1, -0.05) is 6.07 Å². The van der Waals surface area contributed by atoms with Gasteiger partial charge in [-0.05, 0) is 30.9 Å². The number of nitrogens with one attached hydrogen (secondary N) is 1. The van der Waals surface area contributed by atoms with E-state index in [0.29, 0.717) is 6.04 Å². The Morgan fingerprint density at radius 3 is 3.28 bits per heavy atom. The molecule has 0 saturated heterocycles. The largest absolute Gasteiger partial charge is 0.304 e. The Bertz CT molecular complexity index is 532. The first kappa shape index (κ1) is 11.4. The molecule has 94 valence electrons. The Labute approximate surface area is 107 Å². The van der Waals surface area contributed by atoms with Crippen LogP contribution in [-0.4, -0.2) is 14.8 Å². The molecule has 0 aliphatic heterocycles. The van der Waals surface area contributed by atoms with Gasteiger partial charge in [-0.15, -0.1) is 0 Å². The van der Waals surface area contributed by atoms with E-state index >= 15 is 0 Å². The van der Waals surface area contributed by atoms with Gasteiger partial charge in [0.15, 0.2) is 0 Å². The molecule has 4 heteroatoms. The van der Waals surface area contributed by atoms with E-state index in [0.717, 1.165) is 13.0 Å². The van der Waals surface area contributed by atoms with Crippen LogP contribution in [0.3, 0.4) is 0 Å². The van der Waals surface area contributed by atoms with E-state index in [2.05, 4.69) is 27.7 Å². The second-order valence-electron chi connectivity index (χ2n) is 4.90. The van der Waals surface area contributed by atoms with Crippen molar-refractivity contribution >= 4 is 0 Å². The quantitative estimate of drug-likeness (QED) is 0.895. The predicted molar refractivity (Wildman–Crippen MR) is 70.0 cm³/mol. The Morgan fingerprint density at radius 2 is 2.44 bits per heavy atom. The first-order valence-electron chi connectivity index (χ1n) is 6.47. The van der Waals surface area contributed by atoms with E-state index in [1.54, 1.807) is 0 Å². The van der Waals surface area contributed by atoms with Crippen molar-refractivity contribution in [2.75, 3.05) is 0 Å². The third-order valence-corrected chi connectivity index (χ3v) is 3.51. The molecule has 2 aromatic heterocycles. The lowest BCUT2D eigenvalue weighted by Crippen LogP contribution is -2.25. The molecule has 0 amide bonds. The van der Waals surface area contributed by atoms with Gasteiger partial charge >= 0.3 is 0 Å². The summed E-state index contributed by atoms with van der Waals surface area (Å²) in [6.45, 7) is 0.856. The van der Waals surface area contributed by atoms with Crippen LogP contribution in [0.15, 0.2) is 30.7 Å². The molecule has 0 radical (unpaired) electrons. The average Bonchev–Trinajstić information content (AvgIpc) is 2.82. The predicted octanol–water partition coefficient (Wildman–Crippen LogP) is 1.98. The van der Waals surface area contributed by atoms with Crippen molar-refractivity contribution in [1.82, 2.24) is 20.1 Å². The Morgan fingerprint density at radius 1 is 1.50 bits per heavy atom. The van der Waals surface area contributed by atoms with Crippen LogP contribution < -0.4 is 5.32 Å². The minimum atomic E-state index is 0.384. The van der Waals surface area contributed by atoms with Crippen molar-refractivity contribution in [2.24, 2.45) is 7.05 Å². The maximum atomic E-state index is 4.53. The van der Waals surface area contributed by atoms with Gasteiger partial charge in [-0.25, -0.2) is 0 Å². The van der Waals surface area contributed by atoms with Crippen molar-refractivity contribution in [2.45, 2.75) is 31.8 Å². The van der Waals surface area contributed by atoms with E-state index in [9.17, 15) is 0 Å². The van der Waals surface area contributed by atoms with Crippen LogP contribution in [0.5, 0.6) is 0 Å². The van der Waals surface area contributed by atoms with E-state index < -0.39 is 0 Å². The first-order valence-corrected chi connectivity index (χ1v) is 6.47. The summed E-state index contributed by atoms with van der Waals surface area (Å²) >= 11 is 0. The number of hydrogen-bond acceptors (Lipinski definition) is 3. The fourth-order valence-corrected chi connectivity index (χ4v) is 2.61. The van der Waals surface area contributed by atoms with E-state index in [4.69, 9.17) is 0 Å². The molecule has 18 heavy (non-hydrogen) atoms. The van der Waals surface area contributed by atoms with Crippen LogP contribution in [0.1, 0.15) is 35.7 Å². The molecule has 0 bridgehead atoms. The Balaban J connectivity index is 1.71. The molecular weight excluding hydrogens is 224 g/mol. The van der Waals surface area contributed by atoms with Crippen molar-refractivity contribution in [3.05, 3.63) is 47.5 Å². The van der Waals surface area contributed by atoms with Crippen molar-refractivity contribution in [3.8, 4) is 0 Å². The fourth-order valence-electron chi connectivity index (χ4n) is 2.61. The molecule has 1 aliphatic rings. The number of nitrogens with zero attached hydrogens (tertiary/aromatic N) is 3. The third-order valence-electron chi connectivity index (χ3n) is 3.51. The topological polar surface area (TPSA) is 42.7 Å². The van der Waals surface area contributed by atoms with Crippen LogP contribution in [-0.2, 0) is 20.0 Å². The molecule has 1 atom stereocenters. The highest BCUT2D eigenvalue weighted by atomic mass is 15.2. The summed E-state index contributed by atoms with van der Waals surface area (Å²) in [7, 11) is 1.95. The van der Waals surface area contributed by atoms with Crippen molar-refractivity contribution < 1.29 is 0 Å². The molecular formula is C14H18N4. The zero-order valence-corrected chi connectivity index (χ0v) is 10.6. The summed E-state index contributed by atoms with van der Waals surface area (Å²) in [4.78, 5) is 4.53. The SMILES string of the molecule is Cn1cc(CNC2CCCc3cccnc32)cn1. The fraction of sp³-hybridized carbons (Fsp3) is 0.429. The molecule has 0 spiro atoms. The lowest BCUT2D eigenvalue weighted by molar-refractivity contribution is 0.447. The molecule has 2 aromatic rings. The smallest absolute Gasteiger partial charge is 0.0605 e. The monoisotopic (exact) mass is 242 g/mol. The highest BCUT2D eigenvalue weighted by Gasteiger charge is 2.20. The summed E-state index contributed by atoms with van der Waals surface area (Å²) < 4.78 is 1.84. The lowest BCUT2D eigenvalue weighted by atomic mass is 9.92. The molecule has 0 aromatic carbocycles. The van der Waals surface area contributed by atoms with Crippen molar-refractivity contribution in [1.29, 1.82) is 0 Å². The number of aromatic nitrogens is 3. The van der Waals surface area contributed by atoms with Crippen LogP contribution in [0.25, 0.3) is 0 Å². The minimum absolute atomic E-state index is 0.384. The second-order valence-corrected chi connectivity index (χ2v) is 4.90. The maximum Gasteiger partial charge on any atom is 0.0605 e. The first-order chi connectivity index (χ1) is 8.83. The highest BCUT2D eigenvalue weighted by molar-refractivity contribution is 5.25. The maximum absolute atomic E-state index is 4.53. The summed E-state index contributed by atoms with van der Waals surface area (Å²) in [5, 5.41) is 7.78. The summed E-state index contributed by atoms with van der Waals surface area (Å²) in [5.74, 6) is 0. The zero-order chi connectivity index (χ0) is 12.4. The van der Waals surface area contributed by atoms with Crippen LogP contribution in [0, 0.1) is 0 Å².